The third kappa shape index (κ3) is 5.15. The molecule has 0 saturated carbocycles. The Morgan fingerprint density at radius 1 is 1.03 bits per heavy atom. The van der Waals surface area contributed by atoms with Crippen LogP contribution in [0.15, 0.2) is 48.5 Å². The number of aryl methyl sites for hydroxylation is 1. The first-order valence-electron chi connectivity index (χ1n) is 9.73. The van der Waals surface area contributed by atoms with E-state index >= 15 is 0 Å². The van der Waals surface area contributed by atoms with Gasteiger partial charge in [-0.15, -0.1) is 0 Å². The number of carbonyl (C=O) groups is 3. The number of hydrogen-bond acceptors (Lipinski definition) is 6. The molecular weight excluding hydrogens is 434 g/mol. The summed E-state index contributed by atoms with van der Waals surface area (Å²) in [6, 6.07) is 13.8. The molecule has 0 aliphatic rings. The van der Waals surface area contributed by atoms with Crippen LogP contribution in [0.5, 0.6) is 0 Å². The zero-order chi connectivity index (χ0) is 23.3. The molecule has 2 aromatic carbocycles. The van der Waals surface area contributed by atoms with Crippen molar-refractivity contribution in [3.63, 3.8) is 0 Å². The average molecular weight is 456 g/mol. The van der Waals surface area contributed by atoms with Crippen molar-refractivity contribution in [2.45, 2.75) is 20.4 Å². The number of ether oxygens (including phenoxy) is 2. The minimum absolute atomic E-state index is 0.196. The van der Waals surface area contributed by atoms with Crippen LogP contribution >= 0.6 is 11.6 Å². The molecule has 1 N–H and O–H groups in total. The van der Waals surface area contributed by atoms with E-state index in [0.717, 1.165) is 5.56 Å². The maximum atomic E-state index is 12.6. The van der Waals surface area contributed by atoms with Gasteiger partial charge in [0, 0.05) is 5.02 Å². The number of halogens is 1. The quantitative estimate of drug-likeness (QED) is 0.544. The van der Waals surface area contributed by atoms with E-state index in [1.807, 2.05) is 18.2 Å². The number of nitrogens with zero attached hydrogens (tertiary/aromatic N) is 2. The second-order valence-electron chi connectivity index (χ2n) is 6.96. The van der Waals surface area contributed by atoms with E-state index in [0.29, 0.717) is 28.5 Å². The molecule has 0 fully saturated rings. The van der Waals surface area contributed by atoms with Crippen molar-refractivity contribution in [1.82, 2.24) is 9.78 Å². The normalized spacial score (nSPS) is 10.5. The fraction of sp³-hybridized carbons (Fsp3) is 0.217. The summed E-state index contributed by atoms with van der Waals surface area (Å²) in [5, 5.41) is 7.57. The van der Waals surface area contributed by atoms with Gasteiger partial charge >= 0.3 is 11.9 Å². The predicted octanol–water partition coefficient (Wildman–Crippen LogP) is 3.78. The highest BCUT2D eigenvalue weighted by atomic mass is 35.5. The standard InChI is InChI=1S/C23H22ClN3O5/c1-14-21(15(2)27(26-14)12-16-8-4-6-10-18(16)24)23(30)32-13-20(28)25-19-11-7-5-9-17(19)22(29)31-3/h4-11H,12-13H2,1-3H3,(H,25,28). The third-order valence-corrected chi connectivity index (χ3v) is 5.17. The van der Waals surface area contributed by atoms with E-state index < -0.39 is 24.5 Å². The second-order valence-corrected chi connectivity index (χ2v) is 7.36. The summed E-state index contributed by atoms with van der Waals surface area (Å²) in [5.74, 6) is -1.84. The molecule has 0 aliphatic heterocycles. The molecule has 9 heteroatoms. The fourth-order valence-corrected chi connectivity index (χ4v) is 3.40. The van der Waals surface area contributed by atoms with Gasteiger partial charge in [-0.3, -0.25) is 9.48 Å². The topological polar surface area (TPSA) is 99.5 Å². The molecular formula is C23H22ClN3O5. The van der Waals surface area contributed by atoms with Crippen molar-refractivity contribution < 1.29 is 23.9 Å². The number of para-hydroxylation sites is 1. The van der Waals surface area contributed by atoms with Crippen LogP contribution in [-0.2, 0) is 20.8 Å². The van der Waals surface area contributed by atoms with Crippen molar-refractivity contribution in [2.24, 2.45) is 0 Å². The highest BCUT2D eigenvalue weighted by molar-refractivity contribution is 6.31. The number of anilines is 1. The minimum Gasteiger partial charge on any atom is -0.465 e. The highest BCUT2D eigenvalue weighted by Crippen LogP contribution is 2.20. The van der Waals surface area contributed by atoms with Crippen molar-refractivity contribution in [3.05, 3.63) is 81.6 Å². The number of benzene rings is 2. The number of hydrogen-bond donors (Lipinski definition) is 1. The Bertz CT molecular complexity index is 1170. The third-order valence-electron chi connectivity index (χ3n) is 4.80. The molecule has 8 nitrogen and oxygen atoms in total. The molecule has 0 unspecified atom stereocenters. The van der Waals surface area contributed by atoms with Gasteiger partial charge in [0.15, 0.2) is 6.61 Å². The number of aromatic nitrogens is 2. The number of rotatable bonds is 7. The number of carbonyl (C=O) groups excluding carboxylic acids is 3. The molecule has 3 aromatic rings. The van der Waals surface area contributed by atoms with Gasteiger partial charge in [-0.1, -0.05) is 41.9 Å². The smallest absolute Gasteiger partial charge is 0.342 e. The summed E-state index contributed by atoms with van der Waals surface area (Å²) in [6.07, 6.45) is 0. The lowest BCUT2D eigenvalue weighted by atomic mass is 10.2. The average Bonchev–Trinajstić information content (AvgIpc) is 3.06. The van der Waals surface area contributed by atoms with E-state index in [1.165, 1.54) is 13.2 Å². The van der Waals surface area contributed by atoms with Crippen LogP contribution in [0.1, 0.15) is 37.7 Å². The number of esters is 2. The van der Waals surface area contributed by atoms with E-state index in [1.54, 1.807) is 42.8 Å². The fourth-order valence-electron chi connectivity index (χ4n) is 3.20. The molecule has 0 aliphatic carbocycles. The lowest BCUT2D eigenvalue weighted by Crippen LogP contribution is -2.22. The van der Waals surface area contributed by atoms with Crippen molar-refractivity contribution in [3.8, 4) is 0 Å². The molecule has 1 amide bonds. The molecule has 0 atom stereocenters. The SMILES string of the molecule is COC(=O)c1ccccc1NC(=O)COC(=O)c1c(C)nn(Cc2ccccc2Cl)c1C. The van der Waals surface area contributed by atoms with E-state index in [-0.39, 0.29) is 11.3 Å². The number of amides is 1. The molecule has 1 aromatic heterocycles. The van der Waals surface area contributed by atoms with Crippen LogP contribution in [0.3, 0.4) is 0 Å². The van der Waals surface area contributed by atoms with Crippen molar-refractivity contribution in [2.75, 3.05) is 19.0 Å². The van der Waals surface area contributed by atoms with E-state index in [4.69, 9.17) is 21.1 Å². The number of methoxy groups -OCH3 is 1. The molecule has 0 saturated heterocycles. The van der Waals surface area contributed by atoms with Crippen LogP contribution in [0.2, 0.25) is 5.02 Å². The van der Waals surface area contributed by atoms with Crippen LogP contribution in [-0.4, -0.2) is 41.3 Å². The Labute approximate surface area is 190 Å². The molecule has 166 valence electrons. The Kier molecular flexibility index (Phi) is 7.27. The molecule has 1 heterocycles. The molecule has 0 bridgehead atoms. The van der Waals surface area contributed by atoms with Gasteiger partial charge in [-0.2, -0.15) is 5.10 Å². The Morgan fingerprint density at radius 2 is 1.72 bits per heavy atom. The first-order valence-corrected chi connectivity index (χ1v) is 10.1. The van der Waals surface area contributed by atoms with Gasteiger partial charge in [0.25, 0.3) is 5.91 Å². The first kappa shape index (κ1) is 23.0. The molecule has 0 radical (unpaired) electrons. The lowest BCUT2D eigenvalue weighted by Gasteiger charge is -2.10. The van der Waals surface area contributed by atoms with Gasteiger partial charge in [-0.25, -0.2) is 9.59 Å². The predicted molar refractivity (Wildman–Crippen MR) is 119 cm³/mol. The number of nitrogens with one attached hydrogen (secondary N) is 1. The lowest BCUT2D eigenvalue weighted by molar-refractivity contribution is -0.119. The zero-order valence-electron chi connectivity index (χ0n) is 17.8. The monoisotopic (exact) mass is 455 g/mol. The van der Waals surface area contributed by atoms with Crippen LogP contribution in [0.25, 0.3) is 0 Å². The summed E-state index contributed by atoms with van der Waals surface area (Å²) in [7, 11) is 1.25. The van der Waals surface area contributed by atoms with E-state index in [2.05, 4.69) is 10.4 Å². The van der Waals surface area contributed by atoms with Crippen molar-refractivity contribution in [1.29, 1.82) is 0 Å². The summed E-state index contributed by atoms with van der Waals surface area (Å²) < 4.78 is 11.6. The zero-order valence-corrected chi connectivity index (χ0v) is 18.6. The molecule has 32 heavy (non-hydrogen) atoms. The minimum atomic E-state index is -0.665. The van der Waals surface area contributed by atoms with Crippen LogP contribution < -0.4 is 5.32 Å². The Hall–Kier alpha value is -3.65. The summed E-state index contributed by atoms with van der Waals surface area (Å²) in [6.45, 7) is 3.31. The maximum Gasteiger partial charge on any atom is 0.342 e. The second kappa shape index (κ2) is 10.1. The van der Waals surface area contributed by atoms with Gasteiger partial charge < -0.3 is 14.8 Å². The first-order chi connectivity index (χ1) is 15.3. The highest BCUT2D eigenvalue weighted by Gasteiger charge is 2.22. The van der Waals surface area contributed by atoms with Gasteiger partial charge in [0.05, 0.1) is 36.3 Å². The van der Waals surface area contributed by atoms with Gasteiger partial charge in [0.2, 0.25) is 0 Å². The van der Waals surface area contributed by atoms with Gasteiger partial charge in [-0.05, 0) is 37.6 Å². The summed E-state index contributed by atoms with van der Waals surface area (Å²) in [5.41, 5.74) is 2.70. The van der Waals surface area contributed by atoms with Crippen molar-refractivity contribution >= 4 is 35.1 Å². The van der Waals surface area contributed by atoms with Crippen LogP contribution in [0, 0.1) is 13.8 Å². The summed E-state index contributed by atoms with van der Waals surface area (Å²) >= 11 is 6.22. The largest absolute Gasteiger partial charge is 0.465 e. The Balaban J connectivity index is 1.67. The molecule has 3 rings (SSSR count). The Morgan fingerprint density at radius 3 is 2.44 bits per heavy atom. The van der Waals surface area contributed by atoms with Gasteiger partial charge in [0.1, 0.15) is 5.56 Å². The van der Waals surface area contributed by atoms with Crippen LogP contribution in [0.4, 0.5) is 5.69 Å². The maximum absolute atomic E-state index is 12.6. The molecule has 0 spiro atoms. The van der Waals surface area contributed by atoms with E-state index in [9.17, 15) is 14.4 Å². The summed E-state index contributed by atoms with van der Waals surface area (Å²) in [4.78, 5) is 36.8.